The molecule has 1 unspecified atom stereocenters. The summed E-state index contributed by atoms with van der Waals surface area (Å²) in [5.41, 5.74) is 2.85. The molecule has 1 heterocycles. The summed E-state index contributed by atoms with van der Waals surface area (Å²) in [5.74, 6) is 0.472. The van der Waals surface area contributed by atoms with E-state index in [1.165, 1.54) is 11.8 Å². The topological polar surface area (TPSA) is 75.0 Å². The maximum Gasteiger partial charge on any atom is 0.237 e. The number of amides is 1. The van der Waals surface area contributed by atoms with Gasteiger partial charge >= 0.3 is 0 Å². The van der Waals surface area contributed by atoms with Crippen molar-refractivity contribution in [3.05, 3.63) is 47.2 Å². The Morgan fingerprint density at radius 2 is 2.12 bits per heavy atom. The quantitative estimate of drug-likeness (QED) is 0.790. The molecule has 0 spiro atoms. The largest absolute Gasteiger partial charge is 0.492 e. The molecule has 0 aliphatic carbocycles. The molecule has 0 saturated carbocycles. The first-order valence-corrected chi connectivity index (χ1v) is 8.92. The van der Waals surface area contributed by atoms with Crippen LogP contribution >= 0.6 is 11.8 Å². The van der Waals surface area contributed by atoms with Crippen LogP contribution in [0.3, 0.4) is 0 Å². The van der Waals surface area contributed by atoms with E-state index in [1.807, 2.05) is 45.0 Å². The summed E-state index contributed by atoms with van der Waals surface area (Å²) < 4.78 is 5.53. The molecule has 1 amide bonds. The van der Waals surface area contributed by atoms with Crippen LogP contribution in [0.15, 0.2) is 35.4 Å². The van der Waals surface area contributed by atoms with Crippen molar-refractivity contribution in [1.29, 1.82) is 5.26 Å². The Hall–Kier alpha value is -2.52. The first-order valence-electron chi connectivity index (χ1n) is 8.04. The number of para-hydroxylation sites is 2. The second-order valence-corrected chi connectivity index (χ2v) is 6.88. The van der Waals surface area contributed by atoms with Gasteiger partial charge in [-0.05, 0) is 51.5 Å². The number of nitriles is 1. The fourth-order valence-corrected chi connectivity index (χ4v) is 3.35. The zero-order valence-electron chi connectivity index (χ0n) is 14.8. The van der Waals surface area contributed by atoms with Gasteiger partial charge in [0.1, 0.15) is 16.8 Å². The average molecular weight is 355 g/mol. The third-order valence-electron chi connectivity index (χ3n) is 3.53. The summed E-state index contributed by atoms with van der Waals surface area (Å²) in [6.07, 6.45) is 0. The minimum Gasteiger partial charge on any atom is -0.492 e. The predicted molar refractivity (Wildman–Crippen MR) is 100.0 cm³/mol. The maximum absolute atomic E-state index is 12.5. The Labute approximate surface area is 152 Å². The lowest BCUT2D eigenvalue weighted by molar-refractivity contribution is -0.115. The Kier molecular flexibility index (Phi) is 6.43. The lowest BCUT2D eigenvalue weighted by Crippen LogP contribution is -2.23. The number of carbonyl (C=O) groups is 1. The van der Waals surface area contributed by atoms with Gasteiger partial charge in [0.05, 0.1) is 23.1 Å². The number of carbonyl (C=O) groups excluding carboxylic acids is 1. The number of anilines is 1. The monoisotopic (exact) mass is 355 g/mol. The van der Waals surface area contributed by atoms with Crippen LogP contribution in [-0.2, 0) is 4.79 Å². The van der Waals surface area contributed by atoms with E-state index in [0.29, 0.717) is 28.6 Å². The molecule has 0 radical (unpaired) electrons. The van der Waals surface area contributed by atoms with Gasteiger partial charge in [0.15, 0.2) is 0 Å². The summed E-state index contributed by atoms with van der Waals surface area (Å²) in [6, 6.07) is 11.4. The number of rotatable bonds is 6. The number of nitrogens with zero attached hydrogens (tertiary/aromatic N) is 2. The Morgan fingerprint density at radius 3 is 2.80 bits per heavy atom. The van der Waals surface area contributed by atoms with Gasteiger partial charge in [-0.2, -0.15) is 5.26 Å². The van der Waals surface area contributed by atoms with Crippen molar-refractivity contribution < 1.29 is 9.53 Å². The van der Waals surface area contributed by atoms with E-state index in [0.717, 1.165) is 11.3 Å². The van der Waals surface area contributed by atoms with Crippen molar-refractivity contribution in [2.24, 2.45) is 0 Å². The number of thioether (sulfide) groups is 1. The van der Waals surface area contributed by atoms with E-state index in [2.05, 4.69) is 16.4 Å². The molecule has 6 heteroatoms. The van der Waals surface area contributed by atoms with E-state index in [-0.39, 0.29) is 5.91 Å². The van der Waals surface area contributed by atoms with Crippen LogP contribution in [0.5, 0.6) is 5.75 Å². The van der Waals surface area contributed by atoms with Crippen LogP contribution in [0.2, 0.25) is 0 Å². The van der Waals surface area contributed by atoms with Crippen LogP contribution in [0.4, 0.5) is 5.69 Å². The highest BCUT2D eigenvalue weighted by atomic mass is 32.2. The summed E-state index contributed by atoms with van der Waals surface area (Å²) in [4.78, 5) is 17.0. The third kappa shape index (κ3) is 4.74. The molecule has 1 aromatic heterocycles. The van der Waals surface area contributed by atoms with Crippen LogP contribution < -0.4 is 10.1 Å². The highest BCUT2D eigenvalue weighted by Crippen LogP contribution is 2.29. The van der Waals surface area contributed by atoms with Crippen LogP contribution in [0.25, 0.3) is 0 Å². The molecule has 0 aliphatic heterocycles. The number of nitrogens with one attached hydrogen (secondary N) is 1. The van der Waals surface area contributed by atoms with E-state index in [1.54, 1.807) is 13.0 Å². The molecule has 0 aliphatic rings. The number of aromatic nitrogens is 1. The molecule has 25 heavy (non-hydrogen) atoms. The van der Waals surface area contributed by atoms with Gasteiger partial charge < -0.3 is 10.1 Å². The van der Waals surface area contributed by atoms with Gasteiger partial charge in [0.25, 0.3) is 0 Å². The molecule has 2 rings (SSSR count). The molecule has 0 fully saturated rings. The number of ether oxygens (including phenoxy) is 1. The lowest BCUT2D eigenvalue weighted by Gasteiger charge is -2.15. The number of aryl methyl sites for hydroxylation is 2. The van der Waals surface area contributed by atoms with E-state index in [9.17, 15) is 10.1 Å². The van der Waals surface area contributed by atoms with Crippen LogP contribution in [-0.4, -0.2) is 22.7 Å². The molecule has 5 nitrogen and oxygen atoms in total. The van der Waals surface area contributed by atoms with Gasteiger partial charge in [-0.25, -0.2) is 4.98 Å². The van der Waals surface area contributed by atoms with Crippen molar-refractivity contribution in [3.63, 3.8) is 0 Å². The Bertz CT molecular complexity index is 815. The zero-order chi connectivity index (χ0) is 18.4. The van der Waals surface area contributed by atoms with Crippen LogP contribution in [0.1, 0.15) is 30.7 Å². The fraction of sp³-hybridized carbons (Fsp3) is 0.316. The van der Waals surface area contributed by atoms with Gasteiger partial charge in [-0.3, -0.25) is 4.79 Å². The highest BCUT2D eigenvalue weighted by molar-refractivity contribution is 8.00. The minimum absolute atomic E-state index is 0.165. The molecule has 1 atom stereocenters. The predicted octanol–water partition coefficient (Wildman–Crippen LogP) is 4.09. The molecular formula is C19H21N3O2S. The van der Waals surface area contributed by atoms with Crippen molar-refractivity contribution in [1.82, 2.24) is 4.98 Å². The van der Waals surface area contributed by atoms with Gasteiger partial charge in [-0.1, -0.05) is 23.9 Å². The van der Waals surface area contributed by atoms with Crippen molar-refractivity contribution in [3.8, 4) is 11.8 Å². The summed E-state index contributed by atoms with van der Waals surface area (Å²) in [6.45, 7) is 7.97. The number of hydrogen-bond acceptors (Lipinski definition) is 5. The average Bonchev–Trinajstić information content (AvgIpc) is 2.56. The maximum atomic E-state index is 12.5. The number of hydrogen-bond donors (Lipinski definition) is 1. The second kappa shape index (κ2) is 8.54. The van der Waals surface area contributed by atoms with Gasteiger partial charge in [-0.15, -0.1) is 0 Å². The smallest absolute Gasteiger partial charge is 0.237 e. The minimum atomic E-state index is -0.407. The first-order chi connectivity index (χ1) is 12.0. The summed E-state index contributed by atoms with van der Waals surface area (Å²) >= 11 is 1.28. The molecule has 130 valence electrons. The van der Waals surface area contributed by atoms with Crippen molar-refractivity contribution >= 4 is 23.4 Å². The molecule has 0 saturated heterocycles. The molecular weight excluding hydrogens is 334 g/mol. The van der Waals surface area contributed by atoms with Gasteiger partial charge in [0, 0.05) is 5.69 Å². The second-order valence-electron chi connectivity index (χ2n) is 5.55. The van der Waals surface area contributed by atoms with Gasteiger partial charge in [0.2, 0.25) is 5.91 Å². The van der Waals surface area contributed by atoms with Crippen molar-refractivity contribution in [2.75, 3.05) is 11.9 Å². The standard InChI is InChI=1S/C19H21N3O2S/c1-5-24-17-9-7-6-8-16(17)22-18(23)14(4)25-19-15(11-20)12(2)10-13(3)21-19/h6-10,14H,5H2,1-4H3,(H,22,23). The highest BCUT2D eigenvalue weighted by Gasteiger charge is 2.20. The van der Waals surface area contributed by atoms with E-state index < -0.39 is 5.25 Å². The molecule has 1 aromatic carbocycles. The molecule has 1 N–H and O–H groups in total. The first kappa shape index (κ1) is 18.8. The number of pyridine rings is 1. The van der Waals surface area contributed by atoms with Crippen LogP contribution in [0, 0.1) is 25.2 Å². The van der Waals surface area contributed by atoms with E-state index in [4.69, 9.17) is 4.74 Å². The Morgan fingerprint density at radius 1 is 1.40 bits per heavy atom. The lowest BCUT2D eigenvalue weighted by atomic mass is 10.1. The van der Waals surface area contributed by atoms with Crippen molar-refractivity contribution in [2.45, 2.75) is 38.0 Å². The summed E-state index contributed by atoms with van der Waals surface area (Å²) in [7, 11) is 0. The Balaban J connectivity index is 2.16. The molecule has 0 bridgehead atoms. The third-order valence-corrected chi connectivity index (χ3v) is 4.61. The van der Waals surface area contributed by atoms with E-state index >= 15 is 0 Å². The molecule has 2 aromatic rings. The SMILES string of the molecule is CCOc1ccccc1NC(=O)C(C)Sc1nc(C)cc(C)c1C#N. The number of benzene rings is 1. The summed E-state index contributed by atoms with van der Waals surface area (Å²) in [5, 5.41) is 12.4. The zero-order valence-corrected chi connectivity index (χ0v) is 15.6. The normalized spacial score (nSPS) is 11.5. The fourth-order valence-electron chi connectivity index (χ4n) is 2.33.